The van der Waals surface area contributed by atoms with E-state index < -0.39 is 5.97 Å². The monoisotopic (exact) mass is 613 g/mol. The number of nitrogens with zero attached hydrogens (tertiary/aromatic N) is 4. The van der Waals surface area contributed by atoms with Crippen LogP contribution < -0.4 is 15.0 Å². The molecule has 43 heavy (non-hydrogen) atoms. The number of aromatic nitrogens is 2. The van der Waals surface area contributed by atoms with Crippen LogP contribution in [0.2, 0.25) is 5.02 Å². The summed E-state index contributed by atoms with van der Waals surface area (Å²) >= 11 is 6.20. The highest BCUT2D eigenvalue weighted by atomic mass is 35.5. The molecule has 0 radical (unpaired) electrons. The summed E-state index contributed by atoms with van der Waals surface area (Å²) in [5.41, 5.74) is 0.0455. The summed E-state index contributed by atoms with van der Waals surface area (Å²) in [6, 6.07) is 6.92. The molecule has 4 rings (SSSR count). The number of nitriles is 1. The first-order valence-corrected chi connectivity index (χ1v) is 14.9. The maximum absolute atomic E-state index is 13.2. The molecule has 0 unspecified atom stereocenters. The molecule has 232 valence electrons. The van der Waals surface area contributed by atoms with Crippen molar-refractivity contribution in [3.05, 3.63) is 46.7 Å². The Morgan fingerprint density at radius 1 is 1.12 bits per heavy atom. The van der Waals surface area contributed by atoms with E-state index in [9.17, 15) is 9.59 Å². The highest BCUT2D eigenvalue weighted by molar-refractivity contribution is 6.31. The first-order chi connectivity index (χ1) is 20.4. The molecule has 0 bridgehead atoms. The van der Waals surface area contributed by atoms with E-state index in [4.69, 9.17) is 36.2 Å². The van der Waals surface area contributed by atoms with Gasteiger partial charge in [0.15, 0.2) is 0 Å². The molecule has 0 atom stereocenters. The Labute approximate surface area is 257 Å². The van der Waals surface area contributed by atoms with Crippen LogP contribution in [0, 0.1) is 28.1 Å². The van der Waals surface area contributed by atoms with Crippen molar-refractivity contribution in [2.45, 2.75) is 59.1 Å². The minimum absolute atomic E-state index is 0.162. The van der Waals surface area contributed by atoms with Gasteiger partial charge in [-0.15, -0.1) is 0 Å². The van der Waals surface area contributed by atoms with Gasteiger partial charge >= 0.3 is 5.97 Å². The van der Waals surface area contributed by atoms with Crippen LogP contribution in [0.5, 0.6) is 5.75 Å². The number of aliphatic carboxylic acids is 1. The van der Waals surface area contributed by atoms with Crippen molar-refractivity contribution in [3.8, 4) is 11.8 Å². The lowest BCUT2D eigenvalue weighted by Gasteiger charge is -2.63. The number of carboxylic acids is 1. The molecule has 1 amide bonds. The van der Waals surface area contributed by atoms with Crippen LogP contribution in [0.3, 0.4) is 0 Å². The molecule has 11 nitrogen and oxygen atoms in total. The van der Waals surface area contributed by atoms with Gasteiger partial charge in [-0.25, -0.2) is 14.8 Å². The minimum Gasteiger partial charge on any atom is -0.489 e. The first-order valence-electron chi connectivity index (χ1n) is 14.5. The lowest BCUT2D eigenvalue weighted by molar-refractivity contribution is -0.164. The number of hydrogen-bond acceptors (Lipinski definition) is 9. The first kappa shape index (κ1) is 32.5. The molecule has 2 aromatic rings. The lowest BCUT2D eigenvalue weighted by Crippen LogP contribution is -2.74. The summed E-state index contributed by atoms with van der Waals surface area (Å²) in [5.74, 6) is 0.425. The Hall–Kier alpha value is -3.46. The average Bonchev–Trinajstić information content (AvgIpc) is 2.98. The molecule has 2 aliphatic rings. The SMILES string of the molecule is CC1(C)C(NC(=O)c2cnc(N3CCC(COCCCOCC(=O)O)CC3)nc2)C(C)(C)C1Oc1ccc(C#N)c(Cl)c1. The topological polar surface area (TPSA) is 147 Å². The Kier molecular flexibility index (Phi) is 10.5. The highest BCUT2D eigenvalue weighted by Gasteiger charge is 2.64. The van der Waals surface area contributed by atoms with Gasteiger partial charge in [-0.05, 0) is 37.3 Å². The number of piperidine rings is 1. The number of ether oxygens (including phenoxy) is 3. The van der Waals surface area contributed by atoms with Crippen LogP contribution in [0.4, 0.5) is 5.95 Å². The summed E-state index contributed by atoms with van der Waals surface area (Å²) < 4.78 is 17.1. The molecule has 1 aliphatic carbocycles. The standard InChI is InChI=1S/C31H40ClN5O6/c1-30(2)27(31(3,4)28(30)43-23-7-6-21(15-33)24(32)14-23)36-26(40)22-16-34-29(35-17-22)37-10-8-20(9-11-37)18-41-12-5-13-42-19-25(38)39/h6-7,14,16-17,20,27-28H,5,8-13,18-19H2,1-4H3,(H,36,40)(H,38,39). The smallest absolute Gasteiger partial charge is 0.329 e. The van der Waals surface area contributed by atoms with Gasteiger partial charge in [0.05, 0.1) is 16.1 Å². The number of carbonyl (C=O) groups excluding carboxylic acids is 1. The van der Waals surface area contributed by atoms with Crippen molar-refractivity contribution < 1.29 is 28.9 Å². The second kappa shape index (κ2) is 13.9. The van der Waals surface area contributed by atoms with E-state index in [1.54, 1.807) is 30.6 Å². The molecule has 1 aliphatic heterocycles. The third-order valence-corrected chi connectivity index (χ3v) is 8.70. The zero-order chi connectivity index (χ0) is 31.2. The number of amides is 1. The van der Waals surface area contributed by atoms with E-state index in [2.05, 4.69) is 53.9 Å². The van der Waals surface area contributed by atoms with Crippen molar-refractivity contribution in [2.24, 2.45) is 16.7 Å². The molecule has 12 heteroatoms. The molecule has 2 heterocycles. The van der Waals surface area contributed by atoms with Gasteiger partial charge in [0.25, 0.3) is 5.91 Å². The van der Waals surface area contributed by atoms with Gasteiger partial charge in [-0.3, -0.25) is 4.79 Å². The fraction of sp³-hybridized carbons (Fsp3) is 0.581. The van der Waals surface area contributed by atoms with Gasteiger partial charge in [0.2, 0.25) is 5.95 Å². The van der Waals surface area contributed by atoms with Crippen molar-refractivity contribution in [3.63, 3.8) is 0 Å². The Balaban J connectivity index is 1.23. The second-order valence-corrected chi connectivity index (χ2v) is 12.8. The zero-order valence-electron chi connectivity index (χ0n) is 25.1. The molecular weight excluding hydrogens is 574 g/mol. The Bertz CT molecular complexity index is 1300. The summed E-state index contributed by atoms with van der Waals surface area (Å²) in [5, 5.41) is 21.2. The van der Waals surface area contributed by atoms with Crippen LogP contribution in [0.15, 0.2) is 30.6 Å². The average molecular weight is 614 g/mol. The molecule has 1 saturated carbocycles. The van der Waals surface area contributed by atoms with Crippen LogP contribution in [0.1, 0.15) is 62.9 Å². The Morgan fingerprint density at radius 2 is 1.77 bits per heavy atom. The van der Waals surface area contributed by atoms with Gasteiger partial charge in [-0.1, -0.05) is 39.3 Å². The van der Waals surface area contributed by atoms with Gasteiger partial charge in [0, 0.05) is 68.2 Å². The fourth-order valence-corrected chi connectivity index (χ4v) is 6.60. The lowest BCUT2D eigenvalue weighted by atomic mass is 9.49. The normalized spacial score (nSPS) is 21.0. The number of anilines is 1. The quantitative estimate of drug-likeness (QED) is 0.313. The van der Waals surface area contributed by atoms with Crippen LogP contribution >= 0.6 is 11.6 Å². The Morgan fingerprint density at radius 3 is 2.37 bits per heavy atom. The number of benzene rings is 1. The largest absolute Gasteiger partial charge is 0.489 e. The van der Waals surface area contributed by atoms with E-state index in [1.165, 1.54) is 0 Å². The second-order valence-electron chi connectivity index (χ2n) is 12.4. The van der Waals surface area contributed by atoms with Crippen LogP contribution in [-0.2, 0) is 14.3 Å². The number of rotatable bonds is 13. The molecule has 2 fully saturated rings. The van der Waals surface area contributed by atoms with E-state index in [0.29, 0.717) is 60.0 Å². The highest BCUT2D eigenvalue weighted by Crippen LogP contribution is 2.55. The van der Waals surface area contributed by atoms with E-state index >= 15 is 0 Å². The van der Waals surface area contributed by atoms with E-state index in [-0.39, 0.29) is 35.5 Å². The maximum atomic E-state index is 13.2. The summed E-state index contributed by atoms with van der Waals surface area (Å²) in [4.78, 5) is 34.7. The predicted octanol–water partition coefficient (Wildman–Crippen LogP) is 4.34. The summed E-state index contributed by atoms with van der Waals surface area (Å²) in [7, 11) is 0. The molecule has 1 aromatic carbocycles. The zero-order valence-corrected chi connectivity index (χ0v) is 25.9. The van der Waals surface area contributed by atoms with Crippen molar-refractivity contribution >= 4 is 29.4 Å². The number of carboxylic acid groups (broad SMARTS) is 1. The predicted molar refractivity (Wildman–Crippen MR) is 160 cm³/mol. The maximum Gasteiger partial charge on any atom is 0.329 e. The fourth-order valence-electron chi connectivity index (χ4n) is 6.38. The molecule has 2 N–H and O–H groups in total. The van der Waals surface area contributed by atoms with E-state index in [0.717, 1.165) is 25.9 Å². The van der Waals surface area contributed by atoms with Crippen LogP contribution in [-0.4, -0.2) is 78.6 Å². The molecular formula is C31H40ClN5O6. The van der Waals surface area contributed by atoms with Crippen molar-refractivity contribution in [2.75, 3.05) is 44.4 Å². The number of hydrogen-bond donors (Lipinski definition) is 2. The number of halogens is 1. The third-order valence-electron chi connectivity index (χ3n) is 8.38. The van der Waals surface area contributed by atoms with Crippen LogP contribution in [0.25, 0.3) is 0 Å². The molecule has 0 spiro atoms. The third kappa shape index (κ3) is 7.74. The molecule has 1 saturated heterocycles. The number of carbonyl (C=O) groups is 2. The van der Waals surface area contributed by atoms with Gasteiger partial charge in [-0.2, -0.15) is 5.26 Å². The summed E-state index contributed by atoms with van der Waals surface area (Å²) in [6.45, 7) is 11.1. The molecule has 1 aromatic heterocycles. The van der Waals surface area contributed by atoms with Crippen molar-refractivity contribution in [1.82, 2.24) is 15.3 Å². The number of nitrogens with one attached hydrogen (secondary N) is 1. The van der Waals surface area contributed by atoms with Gasteiger partial charge in [0.1, 0.15) is 24.5 Å². The van der Waals surface area contributed by atoms with Gasteiger partial charge < -0.3 is 29.5 Å². The minimum atomic E-state index is -0.968. The van der Waals surface area contributed by atoms with E-state index in [1.807, 2.05) is 0 Å². The van der Waals surface area contributed by atoms with Crippen molar-refractivity contribution in [1.29, 1.82) is 5.26 Å². The summed E-state index contributed by atoms with van der Waals surface area (Å²) in [6.07, 6.45) is 5.52.